The molecule has 6 nitrogen and oxygen atoms in total. The van der Waals surface area contributed by atoms with Crippen molar-refractivity contribution in [2.75, 3.05) is 6.26 Å². The smallest absolute Gasteiger partial charge is 0.323 e. The number of rotatable bonds is 4. The molecule has 7 heteroatoms. The molecular formula is C14H13NO5S. The summed E-state index contributed by atoms with van der Waals surface area (Å²) >= 11 is 0. The van der Waals surface area contributed by atoms with Gasteiger partial charge in [-0.05, 0) is 29.3 Å². The van der Waals surface area contributed by atoms with Gasteiger partial charge in [-0.1, -0.05) is 12.1 Å². The molecular weight excluding hydrogens is 294 g/mol. The molecule has 21 heavy (non-hydrogen) atoms. The number of carboxylic acid groups (broad SMARTS) is 1. The number of carbonyl (C=O) groups is 1. The molecule has 0 aliphatic rings. The molecule has 1 N–H and O–H groups in total. The Balaban J connectivity index is 2.52. The van der Waals surface area contributed by atoms with Gasteiger partial charge in [0.05, 0.1) is 4.90 Å². The molecule has 0 atom stereocenters. The zero-order valence-corrected chi connectivity index (χ0v) is 12.0. The van der Waals surface area contributed by atoms with Gasteiger partial charge in [-0.15, -0.1) is 0 Å². The van der Waals surface area contributed by atoms with Crippen molar-refractivity contribution < 1.29 is 18.3 Å². The van der Waals surface area contributed by atoms with Gasteiger partial charge in [-0.25, -0.2) is 8.42 Å². The first-order chi connectivity index (χ1) is 9.77. The number of hydrogen-bond donors (Lipinski definition) is 1. The van der Waals surface area contributed by atoms with Gasteiger partial charge in [0, 0.05) is 18.5 Å². The van der Waals surface area contributed by atoms with Crippen LogP contribution in [0.4, 0.5) is 0 Å². The third-order valence-corrected chi connectivity index (χ3v) is 3.99. The first-order valence-electron chi connectivity index (χ1n) is 6.00. The van der Waals surface area contributed by atoms with Gasteiger partial charge in [0.25, 0.3) is 5.56 Å². The Morgan fingerprint density at radius 1 is 1.19 bits per heavy atom. The Hall–Kier alpha value is -2.41. The normalized spacial score (nSPS) is 11.3. The Morgan fingerprint density at radius 3 is 2.52 bits per heavy atom. The second-order valence-corrected chi connectivity index (χ2v) is 6.59. The van der Waals surface area contributed by atoms with Crippen molar-refractivity contribution in [2.45, 2.75) is 11.4 Å². The Bertz CT molecular complexity index is 852. The predicted molar refractivity (Wildman–Crippen MR) is 76.9 cm³/mol. The van der Waals surface area contributed by atoms with Crippen molar-refractivity contribution >= 4 is 15.8 Å². The minimum absolute atomic E-state index is 0.163. The van der Waals surface area contributed by atoms with E-state index in [2.05, 4.69) is 0 Å². The van der Waals surface area contributed by atoms with Crippen LogP contribution in [-0.4, -0.2) is 30.3 Å². The van der Waals surface area contributed by atoms with E-state index in [1.165, 1.54) is 30.5 Å². The molecule has 2 aromatic rings. The highest BCUT2D eigenvalue weighted by Crippen LogP contribution is 2.21. The van der Waals surface area contributed by atoms with E-state index in [0.717, 1.165) is 10.8 Å². The lowest BCUT2D eigenvalue weighted by Gasteiger charge is -2.07. The van der Waals surface area contributed by atoms with Crippen LogP contribution in [0, 0.1) is 0 Å². The average Bonchev–Trinajstić information content (AvgIpc) is 2.40. The van der Waals surface area contributed by atoms with Crippen LogP contribution in [0.25, 0.3) is 11.1 Å². The monoisotopic (exact) mass is 307 g/mol. The van der Waals surface area contributed by atoms with Crippen LogP contribution in [0.3, 0.4) is 0 Å². The predicted octanol–water partition coefficient (Wildman–Crippen LogP) is 1.00. The fourth-order valence-electron chi connectivity index (χ4n) is 1.88. The molecule has 0 saturated heterocycles. The van der Waals surface area contributed by atoms with Crippen molar-refractivity contribution in [1.82, 2.24) is 4.57 Å². The summed E-state index contributed by atoms with van der Waals surface area (Å²) in [5.74, 6) is -1.13. The summed E-state index contributed by atoms with van der Waals surface area (Å²) in [6.07, 6.45) is 2.51. The fourth-order valence-corrected chi connectivity index (χ4v) is 2.54. The van der Waals surface area contributed by atoms with Crippen LogP contribution in [0.5, 0.6) is 0 Å². The Kier molecular flexibility index (Phi) is 3.95. The number of carboxylic acids is 1. The molecule has 0 spiro atoms. The van der Waals surface area contributed by atoms with Crippen molar-refractivity contribution in [3.63, 3.8) is 0 Å². The van der Waals surface area contributed by atoms with Crippen LogP contribution in [-0.2, 0) is 21.2 Å². The second kappa shape index (κ2) is 5.53. The van der Waals surface area contributed by atoms with E-state index >= 15 is 0 Å². The third kappa shape index (κ3) is 3.57. The fraction of sp³-hybridized carbons (Fsp3) is 0.143. The number of aromatic nitrogens is 1. The van der Waals surface area contributed by atoms with Gasteiger partial charge in [0.1, 0.15) is 6.54 Å². The number of nitrogens with zero attached hydrogens (tertiary/aromatic N) is 1. The van der Waals surface area contributed by atoms with E-state index in [4.69, 9.17) is 5.11 Å². The molecule has 1 heterocycles. The number of hydrogen-bond acceptors (Lipinski definition) is 4. The number of aliphatic carboxylic acids is 1. The molecule has 1 aromatic heterocycles. The van der Waals surface area contributed by atoms with Crippen molar-refractivity contribution in [1.29, 1.82) is 0 Å². The van der Waals surface area contributed by atoms with Crippen LogP contribution in [0.2, 0.25) is 0 Å². The maximum atomic E-state index is 11.6. The highest BCUT2D eigenvalue weighted by atomic mass is 32.2. The molecule has 0 unspecified atom stereocenters. The van der Waals surface area contributed by atoms with Crippen LogP contribution >= 0.6 is 0 Å². The summed E-state index contributed by atoms with van der Waals surface area (Å²) in [6, 6.07) is 9.04. The summed E-state index contributed by atoms with van der Waals surface area (Å²) in [7, 11) is -3.33. The molecule has 0 aliphatic heterocycles. The molecule has 1 aromatic carbocycles. The van der Waals surface area contributed by atoms with Gasteiger partial charge in [0.15, 0.2) is 9.84 Å². The summed E-state index contributed by atoms with van der Waals surface area (Å²) in [5, 5.41) is 8.76. The van der Waals surface area contributed by atoms with Gasteiger partial charge in [0.2, 0.25) is 0 Å². The second-order valence-electron chi connectivity index (χ2n) is 4.58. The largest absolute Gasteiger partial charge is 0.480 e. The first-order valence-corrected chi connectivity index (χ1v) is 7.89. The highest BCUT2D eigenvalue weighted by molar-refractivity contribution is 7.90. The van der Waals surface area contributed by atoms with E-state index in [1.54, 1.807) is 12.1 Å². The maximum Gasteiger partial charge on any atom is 0.323 e. The number of benzene rings is 1. The molecule has 0 amide bonds. The van der Waals surface area contributed by atoms with E-state index in [-0.39, 0.29) is 4.90 Å². The topological polar surface area (TPSA) is 93.4 Å². The molecule has 0 saturated carbocycles. The van der Waals surface area contributed by atoms with Gasteiger partial charge >= 0.3 is 5.97 Å². The lowest BCUT2D eigenvalue weighted by atomic mass is 10.1. The number of pyridine rings is 1. The zero-order valence-electron chi connectivity index (χ0n) is 11.2. The SMILES string of the molecule is CS(=O)(=O)c1cccc(-c2ccc(=O)n(CC(=O)O)c2)c1. The summed E-state index contributed by atoms with van der Waals surface area (Å²) < 4.78 is 24.2. The molecule has 110 valence electrons. The Labute approximate surface area is 121 Å². The van der Waals surface area contributed by atoms with Crippen LogP contribution < -0.4 is 5.56 Å². The van der Waals surface area contributed by atoms with Crippen LogP contribution in [0.1, 0.15) is 0 Å². The highest BCUT2D eigenvalue weighted by Gasteiger charge is 2.09. The lowest BCUT2D eigenvalue weighted by Crippen LogP contribution is -2.22. The maximum absolute atomic E-state index is 11.6. The van der Waals surface area contributed by atoms with Crippen molar-refractivity contribution in [3.8, 4) is 11.1 Å². The molecule has 2 rings (SSSR count). The van der Waals surface area contributed by atoms with Gasteiger partial charge < -0.3 is 9.67 Å². The summed E-state index contributed by atoms with van der Waals surface area (Å²) in [6.45, 7) is -0.446. The van der Waals surface area contributed by atoms with E-state index in [0.29, 0.717) is 11.1 Å². The first kappa shape index (κ1) is 15.0. The summed E-state index contributed by atoms with van der Waals surface area (Å²) in [5.41, 5.74) is 0.735. The molecule has 0 radical (unpaired) electrons. The quantitative estimate of drug-likeness (QED) is 0.909. The van der Waals surface area contributed by atoms with Crippen molar-refractivity contribution in [2.24, 2.45) is 0 Å². The molecule has 0 fully saturated rings. The minimum atomic E-state index is -3.33. The van der Waals surface area contributed by atoms with E-state index in [1.807, 2.05) is 0 Å². The summed E-state index contributed by atoms with van der Waals surface area (Å²) in [4.78, 5) is 22.4. The standard InChI is InChI=1S/C14H13NO5S/c1-21(19,20)12-4-2-3-10(7-12)11-5-6-13(16)15(8-11)9-14(17)18/h2-8H,9H2,1H3,(H,17,18). The van der Waals surface area contributed by atoms with Crippen molar-refractivity contribution in [3.05, 3.63) is 52.9 Å². The van der Waals surface area contributed by atoms with Gasteiger partial charge in [-0.2, -0.15) is 0 Å². The van der Waals surface area contributed by atoms with Gasteiger partial charge in [-0.3, -0.25) is 9.59 Å². The van der Waals surface area contributed by atoms with E-state index < -0.39 is 27.9 Å². The third-order valence-electron chi connectivity index (χ3n) is 2.88. The molecule has 0 aliphatic carbocycles. The average molecular weight is 307 g/mol. The van der Waals surface area contributed by atoms with E-state index in [9.17, 15) is 18.0 Å². The molecule has 0 bridgehead atoms. The number of sulfone groups is 1. The van der Waals surface area contributed by atoms with Crippen LogP contribution in [0.15, 0.2) is 52.3 Å². The Morgan fingerprint density at radius 2 is 1.90 bits per heavy atom. The minimum Gasteiger partial charge on any atom is -0.480 e. The zero-order chi connectivity index (χ0) is 15.6. The lowest BCUT2D eigenvalue weighted by molar-refractivity contribution is -0.137.